The molecule has 0 spiro atoms. The third-order valence-electron chi connectivity index (χ3n) is 6.24. The van der Waals surface area contributed by atoms with Gasteiger partial charge in [0.25, 0.3) is 0 Å². The number of aliphatic imine (C=N–C) groups is 1. The van der Waals surface area contributed by atoms with Gasteiger partial charge in [0.15, 0.2) is 5.84 Å². The predicted octanol–water partition coefficient (Wildman–Crippen LogP) is 5.10. The molecule has 0 aliphatic carbocycles. The normalized spacial score (nSPS) is 24.1. The summed E-state index contributed by atoms with van der Waals surface area (Å²) in [6.07, 6.45) is 11.0. The molecule has 3 aliphatic rings. The third kappa shape index (κ3) is 5.18. The molecule has 178 valence electrons. The second-order valence-electron chi connectivity index (χ2n) is 10.2. The van der Waals surface area contributed by atoms with E-state index in [1.165, 1.54) is 5.57 Å². The molecule has 1 amide bonds. The number of amides is 1. The molecule has 1 fully saturated rings. The van der Waals surface area contributed by atoms with Crippen molar-refractivity contribution in [3.63, 3.8) is 0 Å². The van der Waals surface area contributed by atoms with Crippen LogP contribution in [0.3, 0.4) is 0 Å². The van der Waals surface area contributed by atoms with Crippen LogP contribution in [-0.4, -0.2) is 64.5 Å². The Bertz CT molecular complexity index is 989. The molecule has 4 rings (SSSR count). The van der Waals surface area contributed by atoms with Crippen LogP contribution in [0.2, 0.25) is 0 Å². The highest BCUT2D eigenvalue weighted by molar-refractivity contribution is 6.04. The van der Waals surface area contributed by atoms with E-state index in [2.05, 4.69) is 48.9 Å². The fraction of sp³-hybridized carbons (Fsp3) is 0.538. The number of amidine groups is 1. The van der Waals surface area contributed by atoms with E-state index in [-0.39, 0.29) is 12.1 Å². The molecule has 2 unspecified atom stereocenters. The first kappa shape index (κ1) is 23.2. The van der Waals surface area contributed by atoms with Gasteiger partial charge in [-0.2, -0.15) is 0 Å². The van der Waals surface area contributed by atoms with Crippen molar-refractivity contribution in [2.24, 2.45) is 10.9 Å². The lowest BCUT2D eigenvalue weighted by Gasteiger charge is -2.41. The van der Waals surface area contributed by atoms with Gasteiger partial charge in [0, 0.05) is 37.9 Å². The maximum Gasteiger partial charge on any atom is 0.410 e. The van der Waals surface area contributed by atoms with Crippen LogP contribution in [0, 0.1) is 5.92 Å². The van der Waals surface area contributed by atoms with E-state index in [1.54, 1.807) is 17.4 Å². The van der Waals surface area contributed by atoms with Crippen LogP contribution in [0.15, 0.2) is 57.6 Å². The van der Waals surface area contributed by atoms with Gasteiger partial charge < -0.3 is 19.0 Å². The van der Waals surface area contributed by atoms with Crippen molar-refractivity contribution in [3.8, 4) is 0 Å². The van der Waals surface area contributed by atoms with Crippen molar-refractivity contribution in [1.82, 2.24) is 14.7 Å². The summed E-state index contributed by atoms with van der Waals surface area (Å²) in [7, 11) is 0. The third-order valence-corrected chi connectivity index (χ3v) is 6.24. The smallest absolute Gasteiger partial charge is 0.410 e. The number of carbonyl (C=O) groups is 1. The molecule has 7 heteroatoms. The zero-order valence-corrected chi connectivity index (χ0v) is 20.7. The zero-order valence-electron chi connectivity index (χ0n) is 20.7. The summed E-state index contributed by atoms with van der Waals surface area (Å²) in [5, 5.41) is 0. The monoisotopic (exact) mass is 452 g/mol. The first-order valence-corrected chi connectivity index (χ1v) is 11.9. The largest absolute Gasteiger partial charge is 0.472 e. The van der Waals surface area contributed by atoms with Crippen LogP contribution in [0.25, 0.3) is 5.70 Å². The van der Waals surface area contributed by atoms with Gasteiger partial charge >= 0.3 is 6.09 Å². The Morgan fingerprint density at radius 1 is 1.15 bits per heavy atom. The fourth-order valence-electron chi connectivity index (χ4n) is 4.27. The lowest BCUT2D eigenvalue weighted by atomic mass is 9.98. The number of fused-ring (bicyclic) bond motifs is 1. The van der Waals surface area contributed by atoms with Crippen molar-refractivity contribution in [1.29, 1.82) is 0 Å². The van der Waals surface area contributed by atoms with Gasteiger partial charge in [0.1, 0.15) is 5.60 Å². The van der Waals surface area contributed by atoms with Crippen molar-refractivity contribution < 1.29 is 13.9 Å². The van der Waals surface area contributed by atoms with Crippen molar-refractivity contribution in [2.45, 2.75) is 59.6 Å². The molecule has 33 heavy (non-hydrogen) atoms. The van der Waals surface area contributed by atoms with E-state index in [1.807, 2.05) is 26.8 Å². The number of hydrogen-bond acceptors (Lipinski definition) is 6. The molecular formula is C26H36N4O3. The molecule has 0 N–H and O–H groups in total. The average Bonchev–Trinajstić information content (AvgIpc) is 3.27. The van der Waals surface area contributed by atoms with Crippen LogP contribution < -0.4 is 0 Å². The predicted molar refractivity (Wildman–Crippen MR) is 130 cm³/mol. The van der Waals surface area contributed by atoms with Crippen LogP contribution in [-0.2, 0) is 4.74 Å². The number of furan rings is 1. The van der Waals surface area contributed by atoms with E-state index in [0.29, 0.717) is 19.0 Å². The molecule has 3 aliphatic heterocycles. The van der Waals surface area contributed by atoms with Crippen LogP contribution in [0.4, 0.5) is 4.79 Å². The summed E-state index contributed by atoms with van der Waals surface area (Å²) in [6, 6.07) is 2.12. The van der Waals surface area contributed by atoms with Gasteiger partial charge in [-0.3, -0.25) is 9.89 Å². The van der Waals surface area contributed by atoms with E-state index in [9.17, 15) is 4.79 Å². The molecule has 1 aromatic heterocycles. The van der Waals surface area contributed by atoms with Crippen molar-refractivity contribution >= 4 is 17.6 Å². The summed E-state index contributed by atoms with van der Waals surface area (Å²) in [5.74, 6) is 1.32. The Labute approximate surface area is 197 Å². The number of piperazine rings is 1. The topological polar surface area (TPSA) is 61.5 Å². The van der Waals surface area contributed by atoms with Gasteiger partial charge in [-0.15, -0.1) is 0 Å². The van der Waals surface area contributed by atoms with Crippen molar-refractivity contribution in [3.05, 3.63) is 53.8 Å². The molecule has 0 aromatic carbocycles. The molecule has 1 aromatic rings. The number of allylic oxidation sites excluding steroid dienone is 2. The van der Waals surface area contributed by atoms with Gasteiger partial charge in [0.2, 0.25) is 0 Å². The number of nitrogens with zero attached hydrogens (tertiary/aromatic N) is 4. The summed E-state index contributed by atoms with van der Waals surface area (Å²) in [6.45, 7) is 15.0. The molecule has 0 saturated carbocycles. The first-order chi connectivity index (χ1) is 15.6. The summed E-state index contributed by atoms with van der Waals surface area (Å²) >= 11 is 0. The Kier molecular flexibility index (Phi) is 6.41. The molecule has 0 radical (unpaired) electrons. The lowest BCUT2D eigenvalue weighted by molar-refractivity contribution is 0.0172. The molecule has 1 saturated heterocycles. The van der Waals surface area contributed by atoms with E-state index in [0.717, 1.165) is 42.3 Å². The average molecular weight is 453 g/mol. The SMILES string of the molecule is CC1=CN2C(c3ccoc3)=CC(C)CC=C(N3CCN(C(=O)OC(C)(C)C)CC3)C2=NC1C. The standard InChI is InChI=1S/C26H36N4O3/c1-18-7-8-22(28-10-12-29(13-11-28)25(31)33-26(4,5)6)24-27-20(3)19(2)16-30(24)23(15-18)21-9-14-32-17-21/h8-9,14-18,20H,7,10-13H2,1-6H3. The van der Waals surface area contributed by atoms with Gasteiger partial charge in [-0.25, -0.2) is 4.79 Å². The summed E-state index contributed by atoms with van der Waals surface area (Å²) < 4.78 is 11.0. The minimum Gasteiger partial charge on any atom is -0.472 e. The zero-order chi connectivity index (χ0) is 23.8. The Morgan fingerprint density at radius 3 is 2.52 bits per heavy atom. The second-order valence-corrected chi connectivity index (χ2v) is 10.2. The summed E-state index contributed by atoms with van der Waals surface area (Å²) in [5.41, 5.74) is 4.01. The van der Waals surface area contributed by atoms with E-state index >= 15 is 0 Å². The molecule has 0 bridgehead atoms. The van der Waals surface area contributed by atoms with Crippen LogP contribution >= 0.6 is 0 Å². The first-order valence-electron chi connectivity index (χ1n) is 11.9. The Hall–Kier alpha value is -2.96. The summed E-state index contributed by atoms with van der Waals surface area (Å²) in [4.78, 5) is 24.0. The number of carbonyl (C=O) groups excluding carboxylic acids is 1. The quantitative estimate of drug-likeness (QED) is 0.625. The fourth-order valence-corrected chi connectivity index (χ4v) is 4.27. The molecular weight excluding hydrogens is 416 g/mol. The minimum absolute atomic E-state index is 0.116. The Balaban J connectivity index is 1.60. The highest BCUT2D eigenvalue weighted by Crippen LogP contribution is 2.33. The van der Waals surface area contributed by atoms with Crippen LogP contribution in [0.1, 0.15) is 53.5 Å². The van der Waals surface area contributed by atoms with Gasteiger partial charge in [0.05, 0.1) is 30.0 Å². The maximum absolute atomic E-state index is 12.5. The Morgan fingerprint density at radius 2 is 1.88 bits per heavy atom. The highest BCUT2D eigenvalue weighted by atomic mass is 16.6. The maximum atomic E-state index is 12.5. The lowest BCUT2D eigenvalue weighted by Crippen LogP contribution is -2.51. The molecule has 2 atom stereocenters. The minimum atomic E-state index is -0.486. The van der Waals surface area contributed by atoms with Gasteiger partial charge in [-0.1, -0.05) is 19.1 Å². The van der Waals surface area contributed by atoms with E-state index < -0.39 is 5.60 Å². The highest BCUT2D eigenvalue weighted by Gasteiger charge is 2.32. The molecule has 4 heterocycles. The molecule has 7 nitrogen and oxygen atoms in total. The van der Waals surface area contributed by atoms with Crippen molar-refractivity contribution in [2.75, 3.05) is 26.2 Å². The second kappa shape index (κ2) is 9.12. The van der Waals surface area contributed by atoms with Gasteiger partial charge in [-0.05, 0) is 58.6 Å². The number of hydrogen-bond donors (Lipinski definition) is 0. The van der Waals surface area contributed by atoms with E-state index in [4.69, 9.17) is 14.1 Å². The number of rotatable bonds is 2. The van der Waals surface area contributed by atoms with Crippen LogP contribution in [0.5, 0.6) is 0 Å². The number of ether oxygens (including phenoxy) is 1.